The maximum atomic E-state index is 13.0. The van der Waals surface area contributed by atoms with Crippen LogP contribution in [-0.2, 0) is 16.1 Å². The average Bonchev–Trinajstić information content (AvgIpc) is 3.49. The number of carboxylic acids is 2. The number of nitrogens with zero attached hydrogens (tertiary/aromatic N) is 4. The van der Waals surface area contributed by atoms with E-state index in [9.17, 15) is 35.9 Å². The van der Waals surface area contributed by atoms with Crippen molar-refractivity contribution in [3.63, 3.8) is 0 Å². The molecule has 0 saturated heterocycles. The van der Waals surface area contributed by atoms with Gasteiger partial charge in [0, 0.05) is 41.9 Å². The first-order valence-corrected chi connectivity index (χ1v) is 16.0. The molecule has 1 aliphatic rings. The van der Waals surface area contributed by atoms with Crippen molar-refractivity contribution in [3.05, 3.63) is 101 Å². The molecule has 1 amide bonds. The summed E-state index contributed by atoms with van der Waals surface area (Å²) in [5, 5.41) is 17.9. The Labute approximate surface area is 301 Å². The molecular formula is C35H33F6N7O6. The number of aliphatic carboxylic acids is 2. The SMILES string of the molecule is Nc1ncnc2c1c(-c1ccc(NC(=O)c3cccn(-c4ccccc4)c3=O)cc1)cn2C[C@H]1CC[C@@H](N)CC1.O=C(O)C(F)(F)F.O=C(O)C(F)(F)F. The third-order valence-electron chi connectivity index (χ3n) is 8.19. The molecule has 0 atom stereocenters. The van der Waals surface area contributed by atoms with Crippen molar-refractivity contribution in [2.75, 3.05) is 11.1 Å². The molecule has 1 saturated carbocycles. The van der Waals surface area contributed by atoms with Gasteiger partial charge in [0.2, 0.25) is 0 Å². The summed E-state index contributed by atoms with van der Waals surface area (Å²) in [5.74, 6) is -5.01. The number of aromatic nitrogens is 4. The molecule has 19 heteroatoms. The minimum absolute atomic E-state index is 0.0621. The van der Waals surface area contributed by atoms with Gasteiger partial charge < -0.3 is 31.6 Å². The number of pyridine rings is 1. The zero-order valence-corrected chi connectivity index (χ0v) is 28.0. The maximum Gasteiger partial charge on any atom is 0.490 e. The predicted octanol–water partition coefficient (Wildman–Crippen LogP) is 5.87. The molecule has 286 valence electrons. The Hall–Kier alpha value is -6.24. The number of nitrogens with two attached hydrogens (primary N) is 2. The van der Waals surface area contributed by atoms with Gasteiger partial charge in [-0.25, -0.2) is 19.6 Å². The van der Waals surface area contributed by atoms with Crippen molar-refractivity contribution in [1.29, 1.82) is 0 Å². The minimum atomic E-state index is -5.08. The van der Waals surface area contributed by atoms with Gasteiger partial charge in [-0.2, -0.15) is 26.3 Å². The summed E-state index contributed by atoms with van der Waals surface area (Å²) in [5.41, 5.74) is 16.1. The highest BCUT2D eigenvalue weighted by Gasteiger charge is 2.39. The van der Waals surface area contributed by atoms with Crippen molar-refractivity contribution < 1.29 is 50.9 Å². The van der Waals surface area contributed by atoms with Crippen LogP contribution >= 0.6 is 0 Å². The number of carbonyl (C=O) groups excluding carboxylic acids is 1. The molecule has 6 rings (SSSR count). The van der Waals surface area contributed by atoms with Gasteiger partial charge in [-0.05, 0) is 73.6 Å². The number of halogens is 6. The summed E-state index contributed by atoms with van der Waals surface area (Å²) in [6.45, 7) is 0.853. The fraction of sp³-hybridized carbons (Fsp3) is 0.257. The molecule has 54 heavy (non-hydrogen) atoms. The van der Waals surface area contributed by atoms with Gasteiger partial charge >= 0.3 is 24.3 Å². The lowest BCUT2D eigenvalue weighted by molar-refractivity contribution is -0.193. The second-order valence-electron chi connectivity index (χ2n) is 12.0. The number of fused-ring (bicyclic) bond motifs is 1. The predicted molar refractivity (Wildman–Crippen MR) is 185 cm³/mol. The van der Waals surface area contributed by atoms with Crippen molar-refractivity contribution >= 4 is 40.4 Å². The third-order valence-corrected chi connectivity index (χ3v) is 8.19. The number of anilines is 2. The van der Waals surface area contributed by atoms with Gasteiger partial charge in [-0.15, -0.1) is 0 Å². The molecule has 1 fully saturated rings. The quantitative estimate of drug-likeness (QED) is 0.130. The topological polar surface area (TPSA) is 208 Å². The molecule has 0 spiro atoms. The fourth-order valence-electron chi connectivity index (χ4n) is 5.54. The molecule has 0 bridgehead atoms. The Bertz CT molecular complexity index is 2120. The van der Waals surface area contributed by atoms with E-state index in [0.717, 1.165) is 54.4 Å². The lowest BCUT2D eigenvalue weighted by Crippen LogP contribution is -2.28. The molecule has 3 aromatic heterocycles. The second kappa shape index (κ2) is 17.1. The van der Waals surface area contributed by atoms with Crippen LogP contribution in [0.25, 0.3) is 27.8 Å². The van der Waals surface area contributed by atoms with Crippen LogP contribution in [0.1, 0.15) is 36.0 Å². The van der Waals surface area contributed by atoms with E-state index in [4.69, 9.17) is 31.3 Å². The highest BCUT2D eigenvalue weighted by atomic mass is 19.4. The molecule has 3 heterocycles. The smallest absolute Gasteiger partial charge is 0.475 e. The van der Waals surface area contributed by atoms with Gasteiger partial charge in [-0.3, -0.25) is 14.2 Å². The van der Waals surface area contributed by atoms with Gasteiger partial charge in [0.05, 0.1) is 5.39 Å². The van der Waals surface area contributed by atoms with E-state index in [2.05, 4.69) is 26.0 Å². The van der Waals surface area contributed by atoms with E-state index in [1.807, 2.05) is 54.6 Å². The molecule has 5 aromatic rings. The van der Waals surface area contributed by atoms with Crippen LogP contribution in [0.2, 0.25) is 0 Å². The molecular weight excluding hydrogens is 728 g/mol. The summed E-state index contributed by atoms with van der Waals surface area (Å²) >= 11 is 0. The van der Waals surface area contributed by atoms with Crippen molar-refractivity contribution in [2.45, 2.75) is 50.6 Å². The zero-order valence-electron chi connectivity index (χ0n) is 28.0. The van der Waals surface area contributed by atoms with Crippen LogP contribution in [-0.4, -0.2) is 65.6 Å². The third kappa shape index (κ3) is 10.4. The molecule has 0 radical (unpaired) electrons. The number of benzene rings is 2. The number of hydrogen-bond acceptors (Lipinski definition) is 8. The zero-order chi connectivity index (χ0) is 39.8. The normalized spacial score (nSPS) is 15.6. The first-order valence-electron chi connectivity index (χ1n) is 16.0. The van der Waals surface area contributed by atoms with Gasteiger partial charge in [-0.1, -0.05) is 30.3 Å². The maximum absolute atomic E-state index is 13.0. The van der Waals surface area contributed by atoms with Crippen LogP contribution in [0.15, 0.2) is 90.2 Å². The van der Waals surface area contributed by atoms with E-state index in [0.29, 0.717) is 29.2 Å². The van der Waals surface area contributed by atoms with E-state index in [-0.39, 0.29) is 11.1 Å². The van der Waals surface area contributed by atoms with Crippen LogP contribution in [0.5, 0.6) is 0 Å². The molecule has 7 N–H and O–H groups in total. The van der Waals surface area contributed by atoms with Crippen LogP contribution in [0.3, 0.4) is 0 Å². The Morgan fingerprint density at radius 3 is 1.96 bits per heavy atom. The summed E-state index contributed by atoms with van der Waals surface area (Å²) in [7, 11) is 0. The lowest BCUT2D eigenvalue weighted by Gasteiger charge is -2.26. The van der Waals surface area contributed by atoms with E-state index < -0.39 is 30.2 Å². The molecule has 0 unspecified atom stereocenters. The Morgan fingerprint density at radius 1 is 0.833 bits per heavy atom. The van der Waals surface area contributed by atoms with Gasteiger partial charge in [0.25, 0.3) is 11.5 Å². The van der Waals surface area contributed by atoms with E-state index >= 15 is 0 Å². The van der Waals surface area contributed by atoms with Crippen molar-refractivity contribution in [1.82, 2.24) is 19.1 Å². The highest BCUT2D eigenvalue weighted by molar-refractivity contribution is 6.04. The van der Waals surface area contributed by atoms with Crippen molar-refractivity contribution in [3.8, 4) is 16.8 Å². The van der Waals surface area contributed by atoms with Crippen molar-refractivity contribution in [2.24, 2.45) is 11.7 Å². The van der Waals surface area contributed by atoms with Gasteiger partial charge in [0.15, 0.2) is 0 Å². The molecule has 1 aliphatic carbocycles. The van der Waals surface area contributed by atoms with E-state index in [1.54, 1.807) is 12.3 Å². The molecule has 0 aliphatic heterocycles. The van der Waals surface area contributed by atoms with Crippen LogP contribution < -0.4 is 22.3 Å². The summed E-state index contributed by atoms with van der Waals surface area (Å²) < 4.78 is 67.1. The Kier molecular flexibility index (Phi) is 12.8. The summed E-state index contributed by atoms with van der Waals surface area (Å²) in [4.78, 5) is 52.7. The number of nitrogens with one attached hydrogen (secondary N) is 1. The first kappa shape index (κ1) is 40.5. The lowest BCUT2D eigenvalue weighted by atomic mass is 9.86. The monoisotopic (exact) mass is 761 g/mol. The number of amides is 1. The Balaban J connectivity index is 0.000000396. The van der Waals surface area contributed by atoms with Gasteiger partial charge in [0.1, 0.15) is 23.4 Å². The molecule has 2 aromatic carbocycles. The summed E-state index contributed by atoms with van der Waals surface area (Å²) in [6, 6.07) is 20.2. The number of carbonyl (C=O) groups is 3. The standard InChI is InChI=1S/C31H31N7O2.2C2HF3O2/c32-22-12-8-20(9-13-22)17-37-18-26(27-28(33)34-19-35-29(27)37)21-10-14-23(15-11-21)36-30(39)25-7-4-16-38(31(25)40)24-5-2-1-3-6-24;2*3-2(4,5)1(6)7/h1-7,10-11,14-16,18-20,22H,8-9,12-13,17,32H2,(H,36,39)(H2,33,34,35);2*(H,6,7)/t20-,22+;;. The molecule has 13 nitrogen and oxygen atoms in total. The number of hydrogen-bond donors (Lipinski definition) is 5. The van der Waals surface area contributed by atoms with E-state index in [1.165, 1.54) is 17.0 Å². The summed E-state index contributed by atoms with van der Waals surface area (Å²) in [6.07, 6.45) is -0.630. The average molecular weight is 762 g/mol. The first-order chi connectivity index (χ1) is 25.4. The fourth-order valence-corrected chi connectivity index (χ4v) is 5.54. The number of para-hydroxylation sites is 1. The largest absolute Gasteiger partial charge is 0.490 e. The number of carboxylic acid groups (broad SMARTS) is 2. The minimum Gasteiger partial charge on any atom is -0.475 e. The highest BCUT2D eigenvalue weighted by Crippen LogP contribution is 2.35. The number of rotatable bonds is 6. The van der Waals surface area contributed by atoms with Crippen LogP contribution in [0, 0.1) is 5.92 Å². The second-order valence-corrected chi connectivity index (χ2v) is 12.0. The number of nitrogen functional groups attached to an aromatic ring is 1. The number of alkyl halides is 6. The van der Waals surface area contributed by atoms with Crippen LogP contribution in [0.4, 0.5) is 37.8 Å². The Morgan fingerprint density at radius 2 is 1.41 bits per heavy atom.